The molecule has 2 rings (SSSR count). The SMILES string of the molecule is CC1CCN(Cc2cc(F)cc(C#CCO)c2)CC1. The molecule has 0 spiro atoms. The van der Waals surface area contributed by atoms with E-state index in [9.17, 15) is 4.39 Å². The van der Waals surface area contributed by atoms with Crippen molar-refractivity contribution >= 4 is 0 Å². The van der Waals surface area contributed by atoms with Crippen molar-refractivity contribution in [3.05, 3.63) is 35.1 Å². The van der Waals surface area contributed by atoms with E-state index in [-0.39, 0.29) is 12.4 Å². The third kappa shape index (κ3) is 4.34. The number of aliphatic hydroxyl groups is 1. The van der Waals surface area contributed by atoms with E-state index in [1.807, 2.05) is 6.07 Å². The number of aliphatic hydroxyl groups excluding tert-OH is 1. The monoisotopic (exact) mass is 261 g/mol. The van der Waals surface area contributed by atoms with Crippen molar-refractivity contribution in [3.63, 3.8) is 0 Å². The van der Waals surface area contributed by atoms with Crippen LogP contribution in [0.3, 0.4) is 0 Å². The van der Waals surface area contributed by atoms with Crippen LogP contribution in [0.1, 0.15) is 30.9 Å². The Kier molecular flexibility index (Phi) is 4.95. The summed E-state index contributed by atoms with van der Waals surface area (Å²) >= 11 is 0. The Labute approximate surface area is 114 Å². The lowest BCUT2D eigenvalue weighted by Gasteiger charge is -2.30. The highest BCUT2D eigenvalue weighted by Gasteiger charge is 2.15. The van der Waals surface area contributed by atoms with Crippen molar-refractivity contribution in [2.45, 2.75) is 26.3 Å². The third-order valence-corrected chi connectivity index (χ3v) is 3.55. The molecular weight excluding hydrogens is 241 g/mol. The molecule has 1 saturated heterocycles. The summed E-state index contributed by atoms with van der Waals surface area (Å²) < 4.78 is 13.5. The molecule has 0 unspecified atom stereocenters. The molecule has 0 radical (unpaired) electrons. The van der Waals surface area contributed by atoms with Gasteiger partial charge in [0.1, 0.15) is 12.4 Å². The summed E-state index contributed by atoms with van der Waals surface area (Å²) in [5, 5.41) is 8.68. The number of halogens is 1. The van der Waals surface area contributed by atoms with Crippen molar-refractivity contribution in [1.29, 1.82) is 0 Å². The first-order valence-corrected chi connectivity index (χ1v) is 6.79. The maximum absolute atomic E-state index is 13.5. The molecule has 1 aliphatic rings. The van der Waals surface area contributed by atoms with E-state index in [0.717, 1.165) is 31.1 Å². The molecule has 1 heterocycles. The van der Waals surface area contributed by atoms with Crippen LogP contribution in [0.25, 0.3) is 0 Å². The third-order valence-electron chi connectivity index (χ3n) is 3.55. The fourth-order valence-corrected chi connectivity index (χ4v) is 2.43. The van der Waals surface area contributed by atoms with E-state index in [0.29, 0.717) is 5.56 Å². The summed E-state index contributed by atoms with van der Waals surface area (Å²) in [5.74, 6) is 5.86. The Bertz CT molecular complexity index is 481. The number of hydrogen-bond acceptors (Lipinski definition) is 2. The number of nitrogens with zero attached hydrogens (tertiary/aromatic N) is 1. The van der Waals surface area contributed by atoms with Gasteiger partial charge in [-0.15, -0.1) is 0 Å². The van der Waals surface area contributed by atoms with Gasteiger partial charge in [-0.25, -0.2) is 4.39 Å². The van der Waals surface area contributed by atoms with E-state index >= 15 is 0 Å². The molecule has 2 nitrogen and oxygen atoms in total. The number of piperidine rings is 1. The van der Waals surface area contributed by atoms with E-state index in [1.165, 1.54) is 18.9 Å². The predicted molar refractivity (Wildman–Crippen MR) is 74.0 cm³/mol. The maximum atomic E-state index is 13.5. The average molecular weight is 261 g/mol. The van der Waals surface area contributed by atoms with Crippen LogP contribution in [0.5, 0.6) is 0 Å². The van der Waals surface area contributed by atoms with Gasteiger partial charge in [-0.1, -0.05) is 18.8 Å². The zero-order valence-corrected chi connectivity index (χ0v) is 11.3. The number of likely N-dealkylation sites (tertiary alicyclic amines) is 1. The van der Waals surface area contributed by atoms with E-state index in [1.54, 1.807) is 6.07 Å². The van der Waals surface area contributed by atoms with Crippen LogP contribution in [-0.2, 0) is 6.54 Å². The van der Waals surface area contributed by atoms with Crippen molar-refractivity contribution in [2.75, 3.05) is 19.7 Å². The summed E-state index contributed by atoms with van der Waals surface area (Å²) in [6.07, 6.45) is 2.43. The summed E-state index contributed by atoms with van der Waals surface area (Å²) in [5.41, 5.74) is 1.59. The molecule has 1 aliphatic heterocycles. The van der Waals surface area contributed by atoms with Crippen LogP contribution in [0, 0.1) is 23.6 Å². The van der Waals surface area contributed by atoms with Gasteiger partial charge in [0.2, 0.25) is 0 Å². The smallest absolute Gasteiger partial charge is 0.124 e. The van der Waals surface area contributed by atoms with E-state index < -0.39 is 0 Å². The zero-order chi connectivity index (χ0) is 13.7. The fraction of sp³-hybridized carbons (Fsp3) is 0.500. The minimum Gasteiger partial charge on any atom is -0.384 e. The lowest BCUT2D eigenvalue weighted by atomic mass is 9.98. The fourth-order valence-electron chi connectivity index (χ4n) is 2.43. The van der Waals surface area contributed by atoms with Crippen LogP contribution >= 0.6 is 0 Å². The summed E-state index contributed by atoms with van der Waals surface area (Å²) in [4.78, 5) is 2.36. The Balaban J connectivity index is 2.05. The molecule has 0 amide bonds. The van der Waals surface area contributed by atoms with Crippen molar-refractivity contribution < 1.29 is 9.50 Å². The Hall–Kier alpha value is -1.37. The molecule has 0 saturated carbocycles. The molecular formula is C16H20FNO. The first kappa shape index (κ1) is 14.0. The second-order valence-corrected chi connectivity index (χ2v) is 5.27. The molecule has 0 atom stereocenters. The predicted octanol–water partition coefficient (Wildman–Crippen LogP) is 2.40. The van der Waals surface area contributed by atoms with Crippen molar-refractivity contribution in [1.82, 2.24) is 4.90 Å². The maximum Gasteiger partial charge on any atom is 0.124 e. The lowest BCUT2D eigenvalue weighted by Crippen LogP contribution is -2.32. The minimum atomic E-state index is -0.259. The van der Waals surface area contributed by atoms with Gasteiger partial charge < -0.3 is 5.11 Å². The molecule has 1 aromatic rings. The number of benzene rings is 1. The molecule has 0 aromatic heterocycles. The standard InChI is InChI=1S/C16H20FNO/c1-13-4-6-18(7-5-13)12-15-9-14(3-2-8-19)10-16(17)11-15/h9-11,13,19H,4-8,12H2,1H3. The lowest BCUT2D eigenvalue weighted by molar-refractivity contribution is 0.185. The first-order valence-electron chi connectivity index (χ1n) is 6.79. The van der Waals surface area contributed by atoms with Gasteiger partial charge >= 0.3 is 0 Å². The zero-order valence-electron chi connectivity index (χ0n) is 11.3. The van der Waals surface area contributed by atoms with Gasteiger partial charge in [0.25, 0.3) is 0 Å². The van der Waals surface area contributed by atoms with Crippen LogP contribution in [-0.4, -0.2) is 29.7 Å². The average Bonchev–Trinajstić information content (AvgIpc) is 2.38. The van der Waals surface area contributed by atoms with Crippen LogP contribution in [0.4, 0.5) is 4.39 Å². The first-order chi connectivity index (χ1) is 9.17. The normalized spacial score (nSPS) is 17.0. The molecule has 1 N–H and O–H groups in total. The summed E-state index contributed by atoms with van der Waals surface area (Å²) in [6, 6.07) is 4.89. The molecule has 19 heavy (non-hydrogen) atoms. The molecule has 102 valence electrons. The Morgan fingerprint density at radius 1 is 1.32 bits per heavy atom. The summed E-state index contributed by atoms with van der Waals surface area (Å²) in [6.45, 7) is 5.01. The molecule has 1 fully saturated rings. The Morgan fingerprint density at radius 2 is 2.05 bits per heavy atom. The van der Waals surface area contributed by atoms with Gasteiger partial charge in [-0.05, 0) is 55.6 Å². The highest BCUT2D eigenvalue weighted by Crippen LogP contribution is 2.19. The molecule has 0 bridgehead atoms. The van der Waals surface area contributed by atoms with Crippen LogP contribution in [0.2, 0.25) is 0 Å². The van der Waals surface area contributed by atoms with E-state index in [4.69, 9.17) is 5.11 Å². The molecule has 1 aromatic carbocycles. The Morgan fingerprint density at radius 3 is 2.74 bits per heavy atom. The highest BCUT2D eigenvalue weighted by atomic mass is 19.1. The van der Waals surface area contributed by atoms with Gasteiger partial charge in [0.15, 0.2) is 0 Å². The van der Waals surface area contributed by atoms with Crippen molar-refractivity contribution in [2.24, 2.45) is 5.92 Å². The van der Waals surface area contributed by atoms with Crippen molar-refractivity contribution in [3.8, 4) is 11.8 Å². The van der Waals surface area contributed by atoms with Gasteiger partial charge in [0.05, 0.1) is 0 Å². The molecule has 0 aliphatic carbocycles. The minimum absolute atomic E-state index is 0.199. The van der Waals surface area contributed by atoms with Crippen LogP contribution in [0.15, 0.2) is 18.2 Å². The largest absolute Gasteiger partial charge is 0.384 e. The summed E-state index contributed by atoms with van der Waals surface area (Å²) in [7, 11) is 0. The van der Waals surface area contributed by atoms with Gasteiger partial charge in [-0.3, -0.25) is 4.90 Å². The second-order valence-electron chi connectivity index (χ2n) is 5.27. The number of hydrogen-bond donors (Lipinski definition) is 1. The van der Waals surface area contributed by atoms with Gasteiger partial charge in [0, 0.05) is 12.1 Å². The highest BCUT2D eigenvalue weighted by molar-refractivity contribution is 5.37. The van der Waals surface area contributed by atoms with Crippen LogP contribution < -0.4 is 0 Å². The number of rotatable bonds is 2. The van der Waals surface area contributed by atoms with Gasteiger partial charge in [-0.2, -0.15) is 0 Å². The second kappa shape index (κ2) is 6.70. The van der Waals surface area contributed by atoms with E-state index in [2.05, 4.69) is 23.7 Å². The quantitative estimate of drug-likeness (QED) is 0.826. The molecule has 3 heteroatoms. The topological polar surface area (TPSA) is 23.5 Å².